The first-order valence-corrected chi connectivity index (χ1v) is 13.5. The van der Waals surface area contributed by atoms with Crippen LogP contribution in [0.4, 0.5) is 5.69 Å². The fourth-order valence-electron chi connectivity index (χ4n) is 3.23. The van der Waals surface area contributed by atoms with E-state index in [2.05, 4.69) is 5.32 Å². The van der Waals surface area contributed by atoms with Gasteiger partial charge in [0.1, 0.15) is 12.6 Å². The molecule has 0 bridgehead atoms. The number of carbonyl (C=O) groups excluding carboxylic acids is 2. The minimum Gasteiger partial charge on any atom is -0.352 e. The minimum absolute atomic E-state index is 0.0692. The average Bonchev–Trinajstić information content (AvgIpc) is 2.76. The first-order valence-electron chi connectivity index (χ1n) is 10.9. The highest BCUT2D eigenvalue weighted by molar-refractivity contribution is 7.92. The molecule has 0 aliphatic rings. The van der Waals surface area contributed by atoms with Gasteiger partial charge in [-0.1, -0.05) is 48.3 Å². The molecule has 2 rings (SSSR count). The number of nitrogens with one attached hydrogen (secondary N) is 1. The zero-order valence-corrected chi connectivity index (χ0v) is 22.3. The lowest BCUT2D eigenvalue weighted by Crippen LogP contribution is -2.52. The summed E-state index contributed by atoms with van der Waals surface area (Å²) in [5.41, 5.74) is 1.77. The van der Waals surface area contributed by atoms with Gasteiger partial charge in [-0.05, 0) is 62.6 Å². The Bertz CT molecular complexity index is 1140. The van der Waals surface area contributed by atoms with Gasteiger partial charge in [-0.2, -0.15) is 0 Å². The van der Waals surface area contributed by atoms with Gasteiger partial charge < -0.3 is 10.2 Å². The molecule has 0 radical (unpaired) electrons. The molecule has 2 atom stereocenters. The van der Waals surface area contributed by atoms with Crippen LogP contribution in [-0.4, -0.2) is 50.0 Å². The van der Waals surface area contributed by atoms with Crippen LogP contribution in [0, 0.1) is 6.92 Å². The fraction of sp³-hybridized carbons (Fsp3) is 0.417. The van der Waals surface area contributed by atoms with Crippen LogP contribution < -0.4 is 9.62 Å². The zero-order chi connectivity index (χ0) is 25.6. The van der Waals surface area contributed by atoms with Gasteiger partial charge in [0.05, 0.1) is 11.9 Å². The molecule has 7 nitrogen and oxygen atoms in total. The Balaban J connectivity index is 2.41. The fourth-order valence-corrected chi connectivity index (χ4v) is 4.46. The third-order valence-corrected chi connectivity index (χ3v) is 7.32. The quantitative estimate of drug-likeness (QED) is 0.495. The van der Waals surface area contributed by atoms with Crippen molar-refractivity contribution in [3.63, 3.8) is 0 Å². The Morgan fingerprint density at radius 3 is 2.32 bits per heavy atom. The smallest absolute Gasteiger partial charge is 0.244 e. The molecule has 0 aliphatic carbocycles. The molecule has 1 N–H and O–H groups in total. The minimum atomic E-state index is -3.82. The topological polar surface area (TPSA) is 86.8 Å². The summed E-state index contributed by atoms with van der Waals surface area (Å²) in [4.78, 5) is 27.7. The molecule has 0 saturated carbocycles. The predicted molar refractivity (Wildman–Crippen MR) is 138 cm³/mol. The van der Waals surface area contributed by atoms with Gasteiger partial charge in [-0.25, -0.2) is 8.42 Å². The number of anilines is 1. The van der Waals surface area contributed by atoms with Crippen molar-refractivity contribution >= 4 is 50.7 Å². The van der Waals surface area contributed by atoms with Gasteiger partial charge in [0, 0.05) is 22.6 Å². The van der Waals surface area contributed by atoms with Crippen LogP contribution in [0.25, 0.3) is 0 Å². The van der Waals surface area contributed by atoms with Crippen LogP contribution in [0.1, 0.15) is 38.3 Å². The summed E-state index contributed by atoms with van der Waals surface area (Å²) in [6, 6.07) is 10.8. The van der Waals surface area contributed by atoms with Crippen LogP contribution in [0.3, 0.4) is 0 Å². The number of carbonyl (C=O) groups is 2. The summed E-state index contributed by atoms with van der Waals surface area (Å²) in [5, 5.41) is 3.76. The van der Waals surface area contributed by atoms with Crippen molar-refractivity contribution in [3.8, 4) is 0 Å². The molecule has 2 aromatic rings. The summed E-state index contributed by atoms with van der Waals surface area (Å²) in [6.45, 7) is 6.84. The second kappa shape index (κ2) is 11.9. The van der Waals surface area contributed by atoms with Crippen molar-refractivity contribution in [2.75, 3.05) is 17.1 Å². The second-order valence-electron chi connectivity index (χ2n) is 8.35. The van der Waals surface area contributed by atoms with E-state index in [0.29, 0.717) is 15.6 Å². The predicted octanol–water partition coefficient (Wildman–Crippen LogP) is 4.40. The molecular weight excluding hydrogens is 497 g/mol. The number of sulfonamides is 1. The second-order valence-corrected chi connectivity index (χ2v) is 11.1. The lowest BCUT2D eigenvalue weighted by Gasteiger charge is -2.32. The summed E-state index contributed by atoms with van der Waals surface area (Å²) in [7, 11) is -3.82. The van der Waals surface area contributed by atoms with E-state index in [1.807, 2.05) is 13.8 Å². The van der Waals surface area contributed by atoms with Gasteiger partial charge in [0.15, 0.2) is 0 Å². The van der Waals surface area contributed by atoms with Crippen molar-refractivity contribution < 1.29 is 18.0 Å². The summed E-state index contributed by atoms with van der Waals surface area (Å²) >= 11 is 12.3. The van der Waals surface area contributed by atoms with Crippen molar-refractivity contribution in [3.05, 3.63) is 63.6 Å². The molecule has 0 aromatic heterocycles. The Morgan fingerprint density at radius 1 is 1.09 bits per heavy atom. The van der Waals surface area contributed by atoms with E-state index < -0.39 is 28.5 Å². The number of aryl methyl sites for hydroxylation is 1. The molecule has 0 unspecified atom stereocenters. The van der Waals surface area contributed by atoms with Gasteiger partial charge in [0.25, 0.3) is 0 Å². The molecule has 0 aliphatic heterocycles. The SMILES string of the molecule is CC[C@H](C)NC(=O)[C@H](C)N(Cc1cccc(Cl)c1)C(=O)CN(c1ccc(C)c(Cl)c1)S(C)(=O)=O. The van der Waals surface area contributed by atoms with Crippen LogP contribution in [0.5, 0.6) is 0 Å². The molecule has 2 amide bonds. The van der Waals surface area contributed by atoms with Crippen LogP contribution >= 0.6 is 23.2 Å². The lowest BCUT2D eigenvalue weighted by molar-refractivity contribution is -0.139. The van der Waals surface area contributed by atoms with E-state index in [4.69, 9.17) is 23.2 Å². The molecule has 2 aromatic carbocycles. The van der Waals surface area contributed by atoms with Gasteiger partial charge in [-0.15, -0.1) is 0 Å². The lowest BCUT2D eigenvalue weighted by atomic mass is 10.1. The highest BCUT2D eigenvalue weighted by atomic mass is 35.5. The summed E-state index contributed by atoms with van der Waals surface area (Å²) in [6.07, 6.45) is 1.76. The van der Waals surface area contributed by atoms with Gasteiger partial charge in [-0.3, -0.25) is 13.9 Å². The maximum Gasteiger partial charge on any atom is 0.244 e. The van der Waals surface area contributed by atoms with E-state index in [0.717, 1.165) is 22.5 Å². The Labute approximate surface area is 212 Å². The molecule has 0 spiro atoms. The Morgan fingerprint density at radius 2 is 1.76 bits per heavy atom. The highest BCUT2D eigenvalue weighted by Crippen LogP contribution is 2.25. The van der Waals surface area contributed by atoms with Gasteiger partial charge >= 0.3 is 0 Å². The van der Waals surface area contributed by atoms with E-state index in [1.165, 1.54) is 11.0 Å². The van der Waals surface area contributed by atoms with Gasteiger partial charge in [0.2, 0.25) is 21.8 Å². The summed E-state index contributed by atoms with van der Waals surface area (Å²) < 4.78 is 26.2. The number of halogens is 2. The van der Waals surface area contributed by atoms with E-state index in [9.17, 15) is 18.0 Å². The van der Waals surface area contributed by atoms with Crippen molar-refractivity contribution in [2.45, 2.75) is 52.7 Å². The molecule has 0 fully saturated rings. The largest absolute Gasteiger partial charge is 0.352 e. The highest BCUT2D eigenvalue weighted by Gasteiger charge is 2.30. The molecule has 0 heterocycles. The maximum atomic E-state index is 13.5. The van der Waals surface area contributed by atoms with Crippen LogP contribution in [-0.2, 0) is 26.2 Å². The summed E-state index contributed by atoms with van der Waals surface area (Å²) in [5.74, 6) is -0.858. The Kier molecular flexibility index (Phi) is 9.79. The number of nitrogens with zero attached hydrogens (tertiary/aromatic N) is 2. The third-order valence-electron chi connectivity index (χ3n) is 5.53. The number of amides is 2. The third kappa shape index (κ3) is 7.61. The molecule has 186 valence electrons. The molecule has 10 heteroatoms. The first kappa shape index (κ1) is 28.0. The zero-order valence-electron chi connectivity index (χ0n) is 20.0. The molecular formula is C24H31Cl2N3O4S. The van der Waals surface area contributed by atoms with Crippen LogP contribution in [0.15, 0.2) is 42.5 Å². The standard InChI is InChI=1S/C24H31Cl2N3O4S/c1-6-17(3)27-24(31)18(4)28(14-19-8-7-9-20(25)12-19)23(30)15-29(34(5,32)33)21-11-10-16(2)22(26)13-21/h7-13,17-18H,6,14-15H2,1-5H3,(H,27,31)/t17-,18-/m0/s1. The number of rotatable bonds is 10. The van der Waals surface area contributed by atoms with E-state index >= 15 is 0 Å². The van der Waals surface area contributed by atoms with E-state index in [-0.39, 0.29) is 24.2 Å². The number of benzene rings is 2. The van der Waals surface area contributed by atoms with Crippen molar-refractivity contribution in [1.82, 2.24) is 10.2 Å². The van der Waals surface area contributed by atoms with Crippen molar-refractivity contribution in [1.29, 1.82) is 0 Å². The average molecular weight is 529 g/mol. The monoisotopic (exact) mass is 527 g/mol. The first-order chi connectivity index (χ1) is 15.8. The maximum absolute atomic E-state index is 13.5. The number of hydrogen-bond acceptors (Lipinski definition) is 4. The number of hydrogen-bond donors (Lipinski definition) is 1. The normalized spacial score (nSPS) is 13.1. The molecule has 34 heavy (non-hydrogen) atoms. The molecule has 0 saturated heterocycles. The van der Waals surface area contributed by atoms with Crippen LogP contribution in [0.2, 0.25) is 10.0 Å². The van der Waals surface area contributed by atoms with Crippen molar-refractivity contribution in [2.24, 2.45) is 0 Å². The van der Waals surface area contributed by atoms with E-state index in [1.54, 1.807) is 50.2 Å². The Hall–Kier alpha value is -2.29.